The van der Waals surface area contributed by atoms with Crippen LogP contribution in [0.5, 0.6) is 0 Å². The van der Waals surface area contributed by atoms with Gasteiger partial charge >= 0.3 is 0 Å². The summed E-state index contributed by atoms with van der Waals surface area (Å²) in [6, 6.07) is 3.67. The minimum absolute atomic E-state index is 0.341. The smallest absolute Gasteiger partial charge is 0.136 e. The fourth-order valence-corrected chi connectivity index (χ4v) is 1.81. The topological polar surface area (TPSA) is 68.8 Å². The van der Waals surface area contributed by atoms with Crippen LogP contribution >= 0.6 is 12.2 Å². The highest BCUT2D eigenvalue weighted by Gasteiger charge is 2.07. The van der Waals surface area contributed by atoms with E-state index in [1.165, 1.54) is 0 Å². The molecule has 0 saturated heterocycles. The van der Waals surface area contributed by atoms with Crippen molar-refractivity contribution in [2.24, 2.45) is 12.8 Å². The van der Waals surface area contributed by atoms with E-state index in [2.05, 4.69) is 15.4 Å². The van der Waals surface area contributed by atoms with Gasteiger partial charge in [-0.15, -0.1) is 0 Å². The number of hydrogen-bond acceptors (Lipinski definition) is 4. The number of rotatable bonds is 4. The third kappa shape index (κ3) is 2.48. The summed E-state index contributed by atoms with van der Waals surface area (Å²) in [7, 11) is 1.92. The van der Waals surface area contributed by atoms with Crippen LogP contribution in [0.3, 0.4) is 0 Å². The summed E-state index contributed by atoms with van der Waals surface area (Å²) in [5.41, 5.74) is 8.65. The molecule has 0 saturated carbocycles. The van der Waals surface area contributed by atoms with Crippen LogP contribution in [0.25, 0.3) is 0 Å². The first kappa shape index (κ1) is 12.5. The highest BCUT2D eigenvalue weighted by atomic mass is 32.1. The maximum Gasteiger partial charge on any atom is 0.136 e. The number of thiocarbonyl (C=S) groups is 1. The highest BCUT2D eigenvalue weighted by Crippen LogP contribution is 2.14. The molecule has 2 rings (SSSR count). The van der Waals surface area contributed by atoms with Gasteiger partial charge in [-0.05, 0) is 19.1 Å². The fourth-order valence-electron chi connectivity index (χ4n) is 1.64. The molecule has 2 heterocycles. The SMILES string of the molecule is Cc1c(CNc2ncccc2C(N)=S)cnn1C. The third-order valence-electron chi connectivity index (χ3n) is 2.86. The van der Waals surface area contributed by atoms with Crippen molar-refractivity contribution in [3.05, 3.63) is 41.3 Å². The van der Waals surface area contributed by atoms with E-state index in [4.69, 9.17) is 18.0 Å². The highest BCUT2D eigenvalue weighted by molar-refractivity contribution is 7.80. The van der Waals surface area contributed by atoms with Gasteiger partial charge in [0.1, 0.15) is 10.8 Å². The molecule has 0 spiro atoms. The molecule has 2 aromatic heterocycles. The molecule has 0 atom stereocenters. The van der Waals surface area contributed by atoms with Gasteiger partial charge in [0, 0.05) is 31.0 Å². The van der Waals surface area contributed by atoms with Crippen molar-refractivity contribution in [1.29, 1.82) is 0 Å². The molecule has 3 N–H and O–H groups in total. The molecule has 0 unspecified atom stereocenters. The Kier molecular flexibility index (Phi) is 3.57. The Morgan fingerprint density at radius 3 is 2.94 bits per heavy atom. The van der Waals surface area contributed by atoms with E-state index in [-0.39, 0.29) is 0 Å². The van der Waals surface area contributed by atoms with Crippen molar-refractivity contribution >= 4 is 23.0 Å². The molecule has 2 aromatic rings. The van der Waals surface area contributed by atoms with Crippen molar-refractivity contribution in [2.45, 2.75) is 13.5 Å². The predicted molar refractivity (Wildman–Crippen MR) is 75.4 cm³/mol. The number of hydrogen-bond donors (Lipinski definition) is 2. The van der Waals surface area contributed by atoms with Gasteiger partial charge < -0.3 is 11.1 Å². The second-order valence-corrected chi connectivity index (χ2v) is 4.44. The normalized spacial score (nSPS) is 10.3. The molecule has 94 valence electrons. The molecule has 5 nitrogen and oxygen atoms in total. The number of nitrogens with zero attached hydrogens (tertiary/aromatic N) is 3. The van der Waals surface area contributed by atoms with Crippen molar-refractivity contribution in [3.63, 3.8) is 0 Å². The molecular formula is C12H15N5S. The van der Waals surface area contributed by atoms with Crippen molar-refractivity contribution in [2.75, 3.05) is 5.32 Å². The second-order valence-electron chi connectivity index (χ2n) is 4.00. The molecule has 0 aliphatic heterocycles. The van der Waals surface area contributed by atoms with Gasteiger partial charge in [0.25, 0.3) is 0 Å². The van der Waals surface area contributed by atoms with Crippen molar-refractivity contribution in [1.82, 2.24) is 14.8 Å². The zero-order chi connectivity index (χ0) is 13.1. The summed E-state index contributed by atoms with van der Waals surface area (Å²) >= 11 is 4.99. The Labute approximate surface area is 111 Å². The van der Waals surface area contributed by atoms with Crippen LogP contribution < -0.4 is 11.1 Å². The Bertz CT molecular complexity index is 576. The number of anilines is 1. The van der Waals surface area contributed by atoms with E-state index in [9.17, 15) is 0 Å². The number of aromatic nitrogens is 3. The summed E-state index contributed by atoms with van der Waals surface area (Å²) in [6.45, 7) is 2.67. The van der Waals surface area contributed by atoms with Gasteiger partial charge in [-0.2, -0.15) is 5.10 Å². The average molecular weight is 261 g/mol. The third-order valence-corrected chi connectivity index (χ3v) is 3.08. The Morgan fingerprint density at radius 2 is 2.33 bits per heavy atom. The van der Waals surface area contributed by atoms with E-state index in [0.717, 1.165) is 16.8 Å². The first-order chi connectivity index (χ1) is 8.59. The summed E-state index contributed by atoms with van der Waals surface area (Å²) in [5.74, 6) is 0.702. The summed E-state index contributed by atoms with van der Waals surface area (Å²) < 4.78 is 1.84. The van der Waals surface area contributed by atoms with Crippen molar-refractivity contribution < 1.29 is 0 Å². The molecule has 6 heteroatoms. The van der Waals surface area contributed by atoms with Crippen LogP contribution in [0.2, 0.25) is 0 Å². The molecule has 0 amide bonds. The van der Waals surface area contributed by atoms with E-state index in [0.29, 0.717) is 17.4 Å². The van der Waals surface area contributed by atoms with E-state index < -0.39 is 0 Å². The van der Waals surface area contributed by atoms with Crippen LogP contribution in [-0.4, -0.2) is 19.8 Å². The van der Waals surface area contributed by atoms with Gasteiger partial charge in [0.05, 0.1) is 11.8 Å². The van der Waals surface area contributed by atoms with Crippen LogP contribution in [0.15, 0.2) is 24.5 Å². The largest absolute Gasteiger partial charge is 0.389 e. The molecule has 0 aliphatic rings. The molecule has 0 aromatic carbocycles. The van der Waals surface area contributed by atoms with Gasteiger partial charge in [-0.3, -0.25) is 4.68 Å². The maximum absolute atomic E-state index is 5.65. The van der Waals surface area contributed by atoms with Crippen LogP contribution in [0.4, 0.5) is 5.82 Å². The number of aryl methyl sites for hydroxylation is 1. The van der Waals surface area contributed by atoms with E-state index in [1.807, 2.05) is 37.0 Å². The molecule has 0 aliphatic carbocycles. The molecule has 0 fully saturated rings. The van der Waals surface area contributed by atoms with Crippen LogP contribution in [-0.2, 0) is 13.6 Å². The fraction of sp³-hybridized carbons (Fsp3) is 0.250. The number of nitrogens with two attached hydrogens (primary N) is 1. The first-order valence-electron chi connectivity index (χ1n) is 5.55. The standard InChI is InChI=1S/C12H15N5S/c1-8-9(7-16-17(8)2)6-15-12-10(11(13)18)4-3-5-14-12/h3-5,7H,6H2,1-2H3,(H2,13,18)(H,14,15). The van der Waals surface area contributed by atoms with Crippen LogP contribution in [0.1, 0.15) is 16.8 Å². The minimum Gasteiger partial charge on any atom is -0.389 e. The number of nitrogens with one attached hydrogen (secondary N) is 1. The first-order valence-corrected chi connectivity index (χ1v) is 5.96. The quantitative estimate of drug-likeness (QED) is 0.814. The molecule has 18 heavy (non-hydrogen) atoms. The lowest BCUT2D eigenvalue weighted by Gasteiger charge is -2.09. The van der Waals surface area contributed by atoms with Crippen molar-refractivity contribution in [3.8, 4) is 0 Å². The minimum atomic E-state index is 0.341. The second kappa shape index (κ2) is 5.14. The molecule has 0 bridgehead atoms. The van der Waals surface area contributed by atoms with E-state index >= 15 is 0 Å². The van der Waals surface area contributed by atoms with Gasteiger partial charge in [0.15, 0.2) is 0 Å². The zero-order valence-electron chi connectivity index (χ0n) is 10.3. The lowest BCUT2D eigenvalue weighted by atomic mass is 10.2. The van der Waals surface area contributed by atoms with Gasteiger partial charge in [-0.25, -0.2) is 4.98 Å². The lowest BCUT2D eigenvalue weighted by Crippen LogP contribution is -2.14. The van der Waals surface area contributed by atoms with Gasteiger partial charge in [0.2, 0.25) is 0 Å². The number of pyridine rings is 1. The Morgan fingerprint density at radius 1 is 1.56 bits per heavy atom. The molecule has 0 radical (unpaired) electrons. The summed E-state index contributed by atoms with van der Waals surface area (Å²) in [4.78, 5) is 4.59. The average Bonchev–Trinajstić information content (AvgIpc) is 2.68. The molecular weight excluding hydrogens is 246 g/mol. The zero-order valence-corrected chi connectivity index (χ0v) is 11.2. The Balaban J connectivity index is 2.16. The summed E-state index contributed by atoms with van der Waals surface area (Å²) in [5, 5.41) is 7.42. The summed E-state index contributed by atoms with van der Waals surface area (Å²) in [6.07, 6.45) is 3.55. The van der Waals surface area contributed by atoms with Crippen LogP contribution in [0, 0.1) is 6.92 Å². The maximum atomic E-state index is 5.65. The monoisotopic (exact) mass is 261 g/mol. The van der Waals surface area contributed by atoms with E-state index in [1.54, 1.807) is 6.20 Å². The lowest BCUT2D eigenvalue weighted by molar-refractivity contribution is 0.738. The van der Waals surface area contributed by atoms with Gasteiger partial charge in [-0.1, -0.05) is 12.2 Å². The predicted octanol–water partition coefficient (Wildman–Crippen LogP) is 1.37. The Hall–Kier alpha value is -1.95.